The highest BCUT2D eigenvalue weighted by atomic mass is 15.2. The van der Waals surface area contributed by atoms with Gasteiger partial charge in [-0.3, -0.25) is 0 Å². The summed E-state index contributed by atoms with van der Waals surface area (Å²) in [7, 11) is 0. The minimum atomic E-state index is 0.104. The number of benzene rings is 9. The van der Waals surface area contributed by atoms with Crippen LogP contribution in [0.15, 0.2) is 194 Å². The Morgan fingerprint density at radius 1 is 0.390 bits per heavy atom. The zero-order valence-corrected chi connectivity index (χ0v) is 33.1. The van der Waals surface area contributed by atoms with Crippen molar-refractivity contribution in [3.05, 3.63) is 200 Å². The molecule has 0 saturated heterocycles. The Labute approximate surface area is 347 Å². The third kappa shape index (κ3) is 5.48. The molecule has 0 aromatic heterocycles. The molecule has 2 aliphatic heterocycles. The van der Waals surface area contributed by atoms with Gasteiger partial charge in [0.05, 0.1) is 5.69 Å². The molecule has 9 aromatic rings. The molecule has 2 heterocycles. The normalized spacial score (nSPS) is 14.6. The molecule has 3 aliphatic rings. The van der Waals surface area contributed by atoms with Gasteiger partial charge in [-0.05, 0) is 127 Å². The molecule has 3 heteroatoms. The van der Waals surface area contributed by atoms with E-state index in [0.717, 1.165) is 0 Å². The van der Waals surface area contributed by atoms with Crippen LogP contribution in [0.3, 0.4) is 0 Å². The van der Waals surface area contributed by atoms with E-state index in [0.29, 0.717) is 5.92 Å². The number of hydrogen-bond acceptors (Lipinski definition) is 2. The lowest BCUT2D eigenvalue weighted by molar-refractivity contribution is 0.444. The largest absolute Gasteiger partial charge is 0.311 e. The van der Waals surface area contributed by atoms with Crippen LogP contribution in [0.25, 0.3) is 43.8 Å². The van der Waals surface area contributed by atoms with Gasteiger partial charge in [0.1, 0.15) is 0 Å². The van der Waals surface area contributed by atoms with E-state index in [-0.39, 0.29) is 6.71 Å². The van der Waals surface area contributed by atoms with Crippen molar-refractivity contribution in [3.8, 4) is 22.3 Å². The SMILES string of the molecule is c1ccc(-c2ccccc2N2c3ccccc3B3c4ccccc4N(c4ccc(-c5cc6ccccc6c6ccccc56)cc4)c4cc(C5CCCCC5)cc2c43)cc1. The predicted octanol–water partition coefficient (Wildman–Crippen LogP) is 13.5. The van der Waals surface area contributed by atoms with Gasteiger partial charge < -0.3 is 9.80 Å². The number of anilines is 6. The number of fused-ring (bicyclic) bond motifs is 7. The number of para-hydroxylation sites is 3. The summed E-state index contributed by atoms with van der Waals surface area (Å²) < 4.78 is 0. The average Bonchev–Trinajstić information content (AvgIpc) is 3.32. The monoisotopic (exact) mass is 754 g/mol. The molecule has 0 unspecified atom stereocenters. The molecule has 0 spiro atoms. The van der Waals surface area contributed by atoms with Gasteiger partial charge in [0.25, 0.3) is 6.71 Å². The number of hydrogen-bond donors (Lipinski definition) is 0. The highest BCUT2D eigenvalue weighted by Crippen LogP contribution is 2.48. The molecule has 0 radical (unpaired) electrons. The van der Waals surface area contributed by atoms with E-state index in [9.17, 15) is 0 Å². The molecule has 1 fully saturated rings. The van der Waals surface area contributed by atoms with Gasteiger partial charge in [-0.2, -0.15) is 0 Å². The van der Waals surface area contributed by atoms with E-state index in [2.05, 4.69) is 204 Å². The highest BCUT2D eigenvalue weighted by molar-refractivity contribution is 7.00. The third-order valence-electron chi connectivity index (χ3n) is 13.4. The summed E-state index contributed by atoms with van der Waals surface area (Å²) >= 11 is 0. The maximum Gasteiger partial charge on any atom is 0.252 e. The quantitative estimate of drug-likeness (QED) is 0.128. The van der Waals surface area contributed by atoms with Crippen molar-refractivity contribution in [3.63, 3.8) is 0 Å². The summed E-state index contributed by atoms with van der Waals surface area (Å²) in [6.07, 6.45) is 6.40. The Kier molecular flexibility index (Phi) is 8.08. The van der Waals surface area contributed by atoms with Gasteiger partial charge in [-0.1, -0.05) is 165 Å². The Hall–Kier alpha value is -6.84. The van der Waals surface area contributed by atoms with Crippen molar-refractivity contribution in [2.45, 2.75) is 38.0 Å². The van der Waals surface area contributed by atoms with Crippen molar-refractivity contribution < 1.29 is 0 Å². The Morgan fingerprint density at radius 2 is 0.949 bits per heavy atom. The highest BCUT2D eigenvalue weighted by Gasteiger charge is 2.44. The summed E-state index contributed by atoms with van der Waals surface area (Å²) in [6, 6.07) is 72.8. The summed E-state index contributed by atoms with van der Waals surface area (Å²) in [5, 5.41) is 5.15. The van der Waals surface area contributed by atoms with Crippen LogP contribution >= 0.6 is 0 Å². The minimum Gasteiger partial charge on any atom is -0.311 e. The van der Waals surface area contributed by atoms with Gasteiger partial charge in [-0.25, -0.2) is 0 Å². The number of nitrogens with zero attached hydrogens (tertiary/aromatic N) is 2. The van der Waals surface area contributed by atoms with Crippen LogP contribution in [0.5, 0.6) is 0 Å². The maximum absolute atomic E-state index is 2.60. The van der Waals surface area contributed by atoms with E-state index in [1.807, 2.05) is 0 Å². The fourth-order valence-electron chi connectivity index (χ4n) is 10.7. The molecule has 280 valence electrons. The fraction of sp³-hybridized carbons (Fsp3) is 0.107. The molecule has 0 N–H and O–H groups in total. The second-order valence-electron chi connectivity index (χ2n) is 16.7. The summed E-state index contributed by atoms with van der Waals surface area (Å²) in [6.45, 7) is 0.104. The van der Waals surface area contributed by atoms with Crippen LogP contribution in [0.1, 0.15) is 43.6 Å². The van der Waals surface area contributed by atoms with Gasteiger partial charge in [0.2, 0.25) is 0 Å². The molecule has 12 rings (SSSR count). The average molecular weight is 755 g/mol. The van der Waals surface area contributed by atoms with Crippen LogP contribution in [0, 0.1) is 0 Å². The summed E-state index contributed by atoms with van der Waals surface area (Å²) in [5.74, 6) is 0.537. The van der Waals surface area contributed by atoms with Gasteiger partial charge in [-0.15, -0.1) is 0 Å². The lowest BCUT2D eigenvalue weighted by Gasteiger charge is -2.45. The van der Waals surface area contributed by atoms with E-state index in [1.165, 1.54) is 132 Å². The zero-order valence-electron chi connectivity index (χ0n) is 33.1. The fourth-order valence-corrected chi connectivity index (χ4v) is 10.7. The maximum atomic E-state index is 2.60. The molecule has 0 atom stereocenters. The molecular formula is C56H43BN2. The second kappa shape index (κ2) is 13.9. The van der Waals surface area contributed by atoms with Gasteiger partial charge in [0, 0.05) is 34.0 Å². The lowest BCUT2D eigenvalue weighted by atomic mass is 9.33. The first-order valence-corrected chi connectivity index (χ1v) is 21.4. The van der Waals surface area contributed by atoms with E-state index in [1.54, 1.807) is 0 Å². The van der Waals surface area contributed by atoms with E-state index < -0.39 is 0 Å². The first kappa shape index (κ1) is 34.2. The van der Waals surface area contributed by atoms with E-state index in [4.69, 9.17) is 0 Å². The molecule has 2 nitrogen and oxygen atoms in total. The van der Waals surface area contributed by atoms with Crippen LogP contribution in [-0.2, 0) is 0 Å². The Bertz CT molecular complexity index is 3050. The third-order valence-corrected chi connectivity index (χ3v) is 13.4. The smallest absolute Gasteiger partial charge is 0.252 e. The van der Waals surface area contributed by atoms with Crippen molar-refractivity contribution in [1.29, 1.82) is 0 Å². The first-order valence-electron chi connectivity index (χ1n) is 21.4. The second-order valence-corrected chi connectivity index (χ2v) is 16.7. The van der Waals surface area contributed by atoms with Gasteiger partial charge in [0.15, 0.2) is 0 Å². The van der Waals surface area contributed by atoms with Crippen molar-refractivity contribution in [2.24, 2.45) is 0 Å². The van der Waals surface area contributed by atoms with Crippen LogP contribution in [0.4, 0.5) is 34.1 Å². The van der Waals surface area contributed by atoms with Crippen molar-refractivity contribution in [2.75, 3.05) is 9.80 Å². The van der Waals surface area contributed by atoms with Crippen molar-refractivity contribution in [1.82, 2.24) is 0 Å². The molecule has 59 heavy (non-hydrogen) atoms. The zero-order chi connectivity index (χ0) is 38.9. The molecule has 1 saturated carbocycles. The van der Waals surface area contributed by atoms with Crippen LogP contribution in [0.2, 0.25) is 0 Å². The Balaban J connectivity index is 1.09. The standard InChI is InChI=1S/C56H43BN2/c1-3-17-38(18-4-1)42-36-54-56-55(37-42)59(51-28-14-11-23-45(51)39-19-5-2-6-20-39)53-30-16-13-27-50(53)57(56)49-26-12-15-29-52(49)58(54)43-33-31-40(32-34-43)48-35-41-21-7-8-22-44(41)46-24-9-10-25-47(46)48/h2,5-16,19-38H,1,3-4,17-18H2. The van der Waals surface area contributed by atoms with Crippen molar-refractivity contribution >= 4 is 78.8 Å². The first-order chi connectivity index (χ1) is 29.3. The number of rotatable bonds is 5. The van der Waals surface area contributed by atoms with Crippen LogP contribution in [-0.4, -0.2) is 6.71 Å². The summed E-state index contributed by atoms with van der Waals surface area (Å²) in [4.78, 5) is 5.17. The van der Waals surface area contributed by atoms with Crippen LogP contribution < -0.4 is 26.2 Å². The molecule has 0 amide bonds. The topological polar surface area (TPSA) is 6.48 Å². The molecule has 0 bridgehead atoms. The minimum absolute atomic E-state index is 0.104. The summed E-state index contributed by atoms with van der Waals surface area (Å²) in [5.41, 5.74) is 18.0. The lowest BCUT2D eigenvalue weighted by Crippen LogP contribution is -2.61. The predicted molar refractivity (Wildman–Crippen MR) is 252 cm³/mol. The molecular weight excluding hydrogens is 711 g/mol. The van der Waals surface area contributed by atoms with Gasteiger partial charge >= 0.3 is 0 Å². The van der Waals surface area contributed by atoms with E-state index >= 15 is 0 Å². The molecule has 1 aliphatic carbocycles. The molecule has 9 aromatic carbocycles. The Morgan fingerprint density at radius 3 is 1.69 bits per heavy atom.